The second-order valence-electron chi connectivity index (χ2n) is 4.37. The molecule has 100 valence electrons. The van der Waals surface area contributed by atoms with E-state index >= 15 is 0 Å². The third-order valence-electron chi connectivity index (χ3n) is 3.15. The fourth-order valence-electron chi connectivity index (χ4n) is 2.22. The van der Waals surface area contributed by atoms with E-state index in [4.69, 9.17) is 16.3 Å². The highest BCUT2D eigenvalue weighted by molar-refractivity contribution is 5.85. The zero-order valence-corrected chi connectivity index (χ0v) is 10.7. The SMILES string of the molecule is N#Cc1ccc(-n2c(N)nc3c(C#N)cccc32)c(F)c1. The van der Waals surface area contributed by atoms with Crippen molar-refractivity contribution in [1.29, 1.82) is 10.5 Å². The van der Waals surface area contributed by atoms with E-state index in [0.717, 1.165) is 6.07 Å². The van der Waals surface area contributed by atoms with Crippen molar-refractivity contribution in [2.45, 2.75) is 0 Å². The first-order chi connectivity index (χ1) is 10.2. The molecule has 0 spiro atoms. The number of fused-ring (bicyclic) bond motifs is 1. The molecule has 2 aromatic carbocycles. The van der Waals surface area contributed by atoms with Gasteiger partial charge in [-0.25, -0.2) is 9.37 Å². The molecular formula is C15H8FN5. The topological polar surface area (TPSA) is 91.4 Å². The van der Waals surface area contributed by atoms with Gasteiger partial charge in [0.1, 0.15) is 17.4 Å². The predicted octanol–water partition coefficient (Wildman–Crippen LogP) is 2.49. The van der Waals surface area contributed by atoms with E-state index in [2.05, 4.69) is 4.98 Å². The van der Waals surface area contributed by atoms with Gasteiger partial charge in [0.15, 0.2) is 0 Å². The Hall–Kier alpha value is -3.38. The number of hydrogen-bond acceptors (Lipinski definition) is 4. The van der Waals surface area contributed by atoms with E-state index in [9.17, 15) is 4.39 Å². The van der Waals surface area contributed by atoms with Crippen LogP contribution in [-0.4, -0.2) is 9.55 Å². The minimum atomic E-state index is -0.581. The molecule has 3 aromatic rings. The van der Waals surface area contributed by atoms with Crippen molar-refractivity contribution in [2.24, 2.45) is 0 Å². The highest BCUT2D eigenvalue weighted by atomic mass is 19.1. The molecule has 6 heteroatoms. The maximum absolute atomic E-state index is 14.2. The van der Waals surface area contributed by atoms with E-state index in [0.29, 0.717) is 16.6 Å². The predicted molar refractivity (Wildman–Crippen MR) is 74.9 cm³/mol. The summed E-state index contributed by atoms with van der Waals surface area (Å²) in [6.45, 7) is 0. The average molecular weight is 277 g/mol. The third kappa shape index (κ3) is 1.87. The molecule has 0 radical (unpaired) electrons. The van der Waals surface area contributed by atoms with Gasteiger partial charge in [-0.05, 0) is 30.3 Å². The van der Waals surface area contributed by atoms with Gasteiger partial charge in [0.25, 0.3) is 0 Å². The smallest absolute Gasteiger partial charge is 0.206 e. The zero-order valence-electron chi connectivity index (χ0n) is 10.7. The average Bonchev–Trinajstić information content (AvgIpc) is 2.83. The summed E-state index contributed by atoms with van der Waals surface area (Å²) < 4.78 is 15.6. The first-order valence-corrected chi connectivity index (χ1v) is 6.02. The van der Waals surface area contributed by atoms with Gasteiger partial charge in [-0.3, -0.25) is 4.57 Å². The Labute approximate surface area is 119 Å². The summed E-state index contributed by atoms with van der Waals surface area (Å²) in [6, 6.07) is 13.0. The van der Waals surface area contributed by atoms with Crippen LogP contribution in [0.3, 0.4) is 0 Å². The van der Waals surface area contributed by atoms with Crippen LogP contribution in [0.15, 0.2) is 36.4 Å². The van der Waals surface area contributed by atoms with Crippen molar-refractivity contribution in [3.8, 4) is 17.8 Å². The van der Waals surface area contributed by atoms with Crippen molar-refractivity contribution in [3.05, 3.63) is 53.3 Å². The molecule has 0 aliphatic heterocycles. The Bertz CT molecular complexity index is 943. The number of benzene rings is 2. The van der Waals surface area contributed by atoms with Gasteiger partial charge in [-0.1, -0.05) is 6.07 Å². The molecule has 2 N–H and O–H groups in total. The number of nitriles is 2. The number of hydrogen-bond donors (Lipinski definition) is 1. The van der Waals surface area contributed by atoms with E-state index in [1.807, 2.05) is 12.1 Å². The molecule has 0 fully saturated rings. The molecule has 3 rings (SSSR count). The Morgan fingerprint density at radius 2 is 1.95 bits per heavy atom. The number of para-hydroxylation sites is 1. The number of nitrogens with two attached hydrogens (primary N) is 1. The van der Waals surface area contributed by atoms with E-state index in [1.54, 1.807) is 18.2 Å². The Morgan fingerprint density at radius 3 is 2.62 bits per heavy atom. The number of nitrogens with zero attached hydrogens (tertiary/aromatic N) is 4. The van der Waals surface area contributed by atoms with Crippen LogP contribution in [0.5, 0.6) is 0 Å². The highest BCUT2D eigenvalue weighted by Gasteiger charge is 2.15. The number of aromatic nitrogens is 2. The summed E-state index contributed by atoms with van der Waals surface area (Å²) in [5, 5.41) is 17.9. The molecule has 0 unspecified atom stereocenters. The van der Waals surface area contributed by atoms with Crippen LogP contribution >= 0.6 is 0 Å². The quantitative estimate of drug-likeness (QED) is 0.739. The van der Waals surface area contributed by atoms with Gasteiger partial charge >= 0.3 is 0 Å². The molecular weight excluding hydrogens is 269 g/mol. The lowest BCUT2D eigenvalue weighted by Crippen LogP contribution is -2.03. The first kappa shape index (κ1) is 12.6. The second-order valence-corrected chi connectivity index (χ2v) is 4.37. The fourth-order valence-corrected chi connectivity index (χ4v) is 2.22. The second kappa shape index (κ2) is 4.62. The number of rotatable bonds is 1. The monoisotopic (exact) mass is 277 g/mol. The summed E-state index contributed by atoms with van der Waals surface area (Å²) in [6.07, 6.45) is 0. The molecule has 0 bridgehead atoms. The lowest BCUT2D eigenvalue weighted by atomic mass is 10.2. The van der Waals surface area contributed by atoms with E-state index in [1.165, 1.54) is 16.7 Å². The maximum atomic E-state index is 14.2. The third-order valence-corrected chi connectivity index (χ3v) is 3.15. The van der Waals surface area contributed by atoms with Crippen molar-refractivity contribution >= 4 is 17.0 Å². The van der Waals surface area contributed by atoms with Gasteiger partial charge in [-0.2, -0.15) is 10.5 Å². The van der Waals surface area contributed by atoms with Gasteiger partial charge in [-0.15, -0.1) is 0 Å². The standard InChI is InChI=1S/C15H8FN5/c16-11-6-9(7-17)4-5-12(11)21-13-3-1-2-10(8-18)14(13)20-15(21)19/h1-6H,(H2,19,20). The van der Waals surface area contributed by atoms with Gasteiger partial charge in [0.2, 0.25) is 5.95 Å². The number of nitrogen functional groups attached to an aromatic ring is 1. The fraction of sp³-hybridized carbons (Fsp3) is 0. The Morgan fingerprint density at radius 1 is 1.14 bits per heavy atom. The molecule has 0 aliphatic rings. The minimum Gasteiger partial charge on any atom is -0.369 e. The Balaban J connectivity index is 2.34. The molecule has 5 nitrogen and oxygen atoms in total. The summed E-state index contributed by atoms with van der Waals surface area (Å²) in [4.78, 5) is 4.13. The van der Waals surface area contributed by atoms with Crippen molar-refractivity contribution in [1.82, 2.24) is 9.55 Å². The van der Waals surface area contributed by atoms with Crippen LogP contribution in [0.2, 0.25) is 0 Å². The highest BCUT2D eigenvalue weighted by Crippen LogP contribution is 2.27. The molecule has 1 heterocycles. The lowest BCUT2D eigenvalue weighted by Gasteiger charge is -2.08. The summed E-state index contributed by atoms with van der Waals surface area (Å²) in [7, 11) is 0. The van der Waals surface area contributed by atoms with E-state index < -0.39 is 5.82 Å². The normalized spacial score (nSPS) is 10.2. The van der Waals surface area contributed by atoms with Crippen LogP contribution < -0.4 is 5.73 Å². The van der Waals surface area contributed by atoms with Gasteiger partial charge < -0.3 is 5.73 Å². The largest absolute Gasteiger partial charge is 0.369 e. The zero-order chi connectivity index (χ0) is 15.0. The molecule has 0 saturated carbocycles. The molecule has 0 saturated heterocycles. The molecule has 0 atom stereocenters. The Kier molecular flexibility index (Phi) is 2.78. The van der Waals surface area contributed by atoms with Crippen molar-refractivity contribution in [2.75, 3.05) is 5.73 Å². The molecule has 0 amide bonds. The number of imidazole rings is 1. The van der Waals surface area contributed by atoms with Crippen molar-refractivity contribution in [3.63, 3.8) is 0 Å². The van der Waals surface area contributed by atoms with Crippen LogP contribution in [-0.2, 0) is 0 Å². The maximum Gasteiger partial charge on any atom is 0.206 e. The first-order valence-electron chi connectivity index (χ1n) is 6.02. The molecule has 1 aromatic heterocycles. The minimum absolute atomic E-state index is 0.0799. The van der Waals surface area contributed by atoms with Gasteiger partial charge in [0.05, 0.1) is 28.4 Å². The van der Waals surface area contributed by atoms with Crippen LogP contribution in [0.4, 0.5) is 10.3 Å². The summed E-state index contributed by atoms with van der Waals surface area (Å²) in [5.41, 5.74) is 7.59. The lowest BCUT2D eigenvalue weighted by molar-refractivity contribution is 0.619. The number of halogens is 1. The van der Waals surface area contributed by atoms with Crippen LogP contribution in [0.25, 0.3) is 16.7 Å². The van der Waals surface area contributed by atoms with Crippen LogP contribution in [0.1, 0.15) is 11.1 Å². The summed E-state index contributed by atoms with van der Waals surface area (Å²) in [5.74, 6) is -0.501. The summed E-state index contributed by atoms with van der Waals surface area (Å²) >= 11 is 0. The van der Waals surface area contributed by atoms with Gasteiger partial charge in [0, 0.05) is 0 Å². The number of anilines is 1. The van der Waals surface area contributed by atoms with E-state index in [-0.39, 0.29) is 17.2 Å². The van der Waals surface area contributed by atoms with Crippen LogP contribution in [0, 0.1) is 28.5 Å². The molecule has 0 aliphatic carbocycles. The molecule has 21 heavy (non-hydrogen) atoms. The van der Waals surface area contributed by atoms with Crippen molar-refractivity contribution < 1.29 is 4.39 Å².